The third-order valence-corrected chi connectivity index (χ3v) is 7.37. The maximum Gasteiger partial charge on any atom is 0.247 e. The van der Waals surface area contributed by atoms with Gasteiger partial charge in [-0.15, -0.1) is 0 Å². The van der Waals surface area contributed by atoms with Gasteiger partial charge in [0.2, 0.25) is 11.8 Å². The van der Waals surface area contributed by atoms with E-state index in [4.69, 9.17) is 9.84 Å². The molecule has 3 rings (SSSR count). The molecule has 33 heavy (non-hydrogen) atoms. The van der Waals surface area contributed by atoms with E-state index < -0.39 is 18.2 Å². The van der Waals surface area contributed by atoms with Crippen LogP contribution in [0.15, 0.2) is 35.9 Å². The molecule has 1 fully saturated rings. The molecule has 2 aliphatic carbocycles. The van der Waals surface area contributed by atoms with Crippen molar-refractivity contribution in [3.63, 3.8) is 0 Å². The van der Waals surface area contributed by atoms with Crippen LogP contribution in [0.2, 0.25) is 0 Å². The van der Waals surface area contributed by atoms with Gasteiger partial charge in [0.1, 0.15) is 18.0 Å². The van der Waals surface area contributed by atoms with Gasteiger partial charge in [0.05, 0.1) is 16.2 Å². The van der Waals surface area contributed by atoms with E-state index in [1.165, 1.54) is 0 Å². The van der Waals surface area contributed by atoms with Gasteiger partial charge in [-0.25, -0.2) is 0 Å². The summed E-state index contributed by atoms with van der Waals surface area (Å²) in [6, 6.07) is 7.02. The zero-order valence-corrected chi connectivity index (χ0v) is 21.4. The number of carbonyl (C=O) groups is 2. The number of halogens is 1. The summed E-state index contributed by atoms with van der Waals surface area (Å²) in [4.78, 5) is 27.8. The van der Waals surface area contributed by atoms with Crippen molar-refractivity contribution < 1.29 is 24.5 Å². The van der Waals surface area contributed by atoms with E-state index in [2.05, 4.69) is 27.9 Å². The van der Waals surface area contributed by atoms with Gasteiger partial charge in [0, 0.05) is 31.0 Å². The minimum absolute atomic E-state index is 0.00370. The largest absolute Gasteiger partial charge is 0.482 e. The van der Waals surface area contributed by atoms with Gasteiger partial charge in [-0.05, 0) is 53.6 Å². The highest BCUT2D eigenvalue weighted by atomic mass is 127. The predicted molar refractivity (Wildman–Crippen MR) is 135 cm³/mol. The first kappa shape index (κ1) is 26.0. The second-order valence-electron chi connectivity index (χ2n) is 8.75. The van der Waals surface area contributed by atoms with Crippen molar-refractivity contribution in [2.75, 3.05) is 13.2 Å². The maximum absolute atomic E-state index is 13.2. The molecule has 2 aliphatic rings. The molecular formula is C25H35IN2O5. The van der Waals surface area contributed by atoms with E-state index in [0.717, 1.165) is 42.1 Å². The topological polar surface area (TPSA) is 99.1 Å². The summed E-state index contributed by atoms with van der Waals surface area (Å²) in [5, 5.41) is 23.3. The molecule has 1 aromatic rings. The molecule has 0 aromatic heterocycles. The number of carbonyl (C=O) groups excluding carboxylic acids is 2. The molecule has 0 unspecified atom stereocenters. The second kappa shape index (κ2) is 12.7. The normalized spacial score (nSPS) is 23.9. The Morgan fingerprint density at radius 1 is 1.18 bits per heavy atom. The van der Waals surface area contributed by atoms with Crippen molar-refractivity contribution in [3.8, 4) is 5.75 Å². The summed E-state index contributed by atoms with van der Waals surface area (Å²) in [7, 11) is 0. The van der Waals surface area contributed by atoms with Crippen LogP contribution >= 0.6 is 22.6 Å². The molecule has 8 heteroatoms. The number of para-hydroxylation sites is 1. The van der Waals surface area contributed by atoms with E-state index >= 15 is 0 Å². The Hall–Kier alpha value is -1.65. The average molecular weight is 570 g/mol. The molecule has 0 saturated heterocycles. The molecule has 0 bridgehead atoms. The Kier molecular flexibility index (Phi) is 10.0. The minimum Gasteiger partial charge on any atom is -0.482 e. The Morgan fingerprint density at radius 2 is 1.88 bits per heavy atom. The number of aliphatic hydroxyl groups excluding tert-OH is 2. The fourth-order valence-corrected chi connectivity index (χ4v) is 5.33. The molecule has 182 valence electrons. The lowest BCUT2D eigenvalue weighted by atomic mass is 9.86. The van der Waals surface area contributed by atoms with Gasteiger partial charge in [-0.1, -0.05) is 44.7 Å². The van der Waals surface area contributed by atoms with Crippen molar-refractivity contribution in [3.05, 3.63) is 39.5 Å². The van der Waals surface area contributed by atoms with Crippen molar-refractivity contribution in [2.45, 2.75) is 82.6 Å². The molecule has 1 aromatic carbocycles. The highest BCUT2D eigenvalue weighted by molar-refractivity contribution is 14.1. The number of hydrogen-bond donors (Lipinski definition) is 3. The van der Waals surface area contributed by atoms with E-state index in [9.17, 15) is 14.7 Å². The number of rotatable bonds is 8. The van der Waals surface area contributed by atoms with Crippen molar-refractivity contribution in [1.82, 2.24) is 10.2 Å². The van der Waals surface area contributed by atoms with E-state index in [1.807, 2.05) is 36.1 Å². The summed E-state index contributed by atoms with van der Waals surface area (Å²) in [6.07, 6.45) is 6.78. The lowest BCUT2D eigenvalue weighted by Gasteiger charge is -2.44. The average Bonchev–Trinajstić information content (AvgIpc) is 3.10. The highest BCUT2D eigenvalue weighted by Gasteiger charge is 2.42. The van der Waals surface area contributed by atoms with Gasteiger partial charge in [-0.2, -0.15) is 0 Å². The molecule has 2 amide bonds. The molecule has 0 radical (unpaired) electrons. The lowest BCUT2D eigenvalue weighted by Crippen LogP contribution is -2.58. The van der Waals surface area contributed by atoms with Crippen LogP contribution < -0.4 is 10.1 Å². The van der Waals surface area contributed by atoms with Crippen LogP contribution in [-0.2, 0) is 9.59 Å². The van der Waals surface area contributed by atoms with E-state index in [0.29, 0.717) is 17.7 Å². The van der Waals surface area contributed by atoms with Crippen LogP contribution in [0, 0.1) is 3.57 Å². The van der Waals surface area contributed by atoms with Gasteiger partial charge in [-0.3, -0.25) is 9.59 Å². The first-order valence-corrected chi connectivity index (χ1v) is 13.0. The Bertz CT molecular complexity index is 838. The lowest BCUT2D eigenvalue weighted by molar-refractivity contribution is -0.142. The maximum atomic E-state index is 13.2. The molecule has 3 atom stereocenters. The standard InChI is InChI=1S/C25H35IN2O5/c1-2-23(30)28(18-9-5-3-4-6-10-18)20-15-17(25(32)27-13-14-29)16-22(24(20)31)33-21-12-8-7-11-19(21)26/h7-8,11-12,16,18,20,22,24,29,31H,2-6,9-10,13-15H2,1H3,(H,27,32)/t20-,22+,24+/m1/s1. The van der Waals surface area contributed by atoms with Crippen LogP contribution in [0.1, 0.15) is 58.3 Å². The Balaban J connectivity index is 1.94. The number of ether oxygens (including phenoxy) is 1. The number of hydrogen-bond acceptors (Lipinski definition) is 5. The Morgan fingerprint density at radius 3 is 2.52 bits per heavy atom. The summed E-state index contributed by atoms with van der Waals surface area (Å²) in [6.45, 7) is 1.83. The SMILES string of the molecule is CCC(=O)N(C1CCCCCC1)[C@@H]1CC(C(=O)NCCO)=C[C@H](Oc2ccccc2I)[C@H]1O. The predicted octanol–water partition coefficient (Wildman–Crippen LogP) is 3.17. The highest BCUT2D eigenvalue weighted by Crippen LogP contribution is 2.33. The zero-order valence-electron chi connectivity index (χ0n) is 19.2. The van der Waals surface area contributed by atoms with Crippen molar-refractivity contribution in [2.24, 2.45) is 0 Å². The summed E-state index contributed by atoms with van der Waals surface area (Å²) in [5.74, 6) is 0.315. The van der Waals surface area contributed by atoms with Crippen molar-refractivity contribution >= 4 is 34.4 Å². The summed E-state index contributed by atoms with van der Waals surface area (Å²) < 4.78 is 7.09. The quantitative estimate of drug-likeness (QED) is 0.330. The number of nitrogens with zero attached hydrogens (tertiary/aromatic N) is 1. The number of nitrogens with one attached hydrogen (secondary N) is 1. The van der Waals surface area contributed by atoms with Crippen LogP contribution in [0.5, 0.6) is 5.75 Å². The first-order chi connectivity index (χ1) is 16.0. The molecule has 3 N–H and O–H groups in total. The first-order valence-electron chi connectivity index (χ1n) is 12.0. The van der Waals surface area contributed by atoms with Gasteiger partial charge >= 0.3 is 0 Å². The minimum atomic E-state index is -0.964. The second-order valence-corrected chi connectivity index (χ2v) is 9.91. The smallest absolute Gasteiger partial charge is 0.247 e. The summed E-state index contributed by atoms with van der Waals surface area (Å²) in [5.41, 5.74) is 0.470. The van der Waals surface area contributed by atoms with Crippen molar-refractivity contribution in [1.29, 1.82) is 0 Å². The van der Waals surface area contributed by atoms with Crippen LogP contribution in [0.3, 0.4) is 0 Å². The van der Waals surface area contributed by atoms with Crippen LogP contribution in [0.4, 0.5) is 0 Å². The molecular weight excluding hydrogens is 535 g/mol. The monoisotopic (exact) mass is 570 g/mol. The van der Waals surface area contributed by atoms with E-state index in [1.54, 1.807) is 6.08 Å². The van der Waals surface area contributed by atoms with E-state index in [-0.39, 0.29) is 37.4 Å². The Labute approximate surface area is 209 Å². The fourth-order valence-electron chi connectivity index (χ4n) is 4.81. The number of aliphatic hydroxyl groups is 2. The molecule has 1 saturated carbocycles. The summed E-state index contributed by atoms with van der Waals surface area (Å²) >= 11 is 2.18. The molecule has 0 aliphatic heterocycles. The number of benzene rings is 1. The van der Waals surface area contributed by atoms with Crippen LogP contribution in [0.25, 0.3) is 0 Å². The van der Waals surface area contributed by atoms with Gasteiger partial charge < -0.3 is 25.2 Å². The third-order valence-electron chi connectivity index (χ3n) is 6.48. The molecule has 0 spiro atoms. The van der Waals surface area contributed by atoms with Gasteiger partial charge in [0.15, 0.2) is 0 Å². The molecule has 7 nitrogen and oxygen atoms in total. The zero-order chi connectivity index (χ0) is 23.8. The third kappa shape index (κ3) is 6.70. The van der Waals surface area contributed by atoms with Crippen LogP contribution in [-0.4, -0.2) is 64.4 Å². The van der Waals surface area contributed by atoms with Gasteiger partial charge in [0.25, 0.3) is 0 Å². The molecule has 0 heterocycles. The number of amides is 2. The fraction of sp³-hybridized carbons (Fsp3) is 0.600.